The molecule has 1 saturated carbocycles. The van der Waals surface area contributed by atoms with Gasteiger partial charge in [-0.1, -0.05) is 5.10 Å². The topological polar surface area (TPSA) is 77.0 Å². The molecule has 0 saturated heterocycles. The first kappa shape index (κ1) is 10.8. The van der Waals surface area contributed by atoms with Crippen LogP contribution in [0.25, 0.3) is 0 Å². The van der Waals surface area contributed by atoms with Crippen LogP contribution in [0.5, 0.6) is 0 Å². The highest BCUT2D eigenvalue weighted by Crippen LogP contribution is 2.46. The summed E-state index contributed by atoms with van der Waals surface area (Å²) in [5.41, 5.74) is 5.62. The van der Waals surface area contributed by atoms with E-state index in [0.29, 0.717) is 16.7 Å². The van der Waals surface area contributed by atoms with Crippen molar-refractivity contribution in [1.29, 1.82) is 0 Å². The molecule has 0 amide bonds. The number of rotatable bonds is 5. The van der Waals surface area contributed by atoms with Crippen molar-refractivity contribution in [2.45, 2.75) is 30.6 Å². The van der Waals surface area contributed by atoms with Gasteiger partial charge in [0, 0.05) is 11.3 Å². The summed E-state index contributed by atoms with van der Waals surface area (Å²) in [4.78, 5) is 0. The van der Waals surface area contributed by atoms with Crippen molar-refractivity contribution < 1.29 is 4.42 Å². The van der Waals surface area contributed by atoms with Crippen molar-refractivity contribution in [1.82, 2.24) is 10.2 Å². The molecule has 3 N–H and O–H groups in total. The van der Waals surface area contributed by atoms with Crippen molar-refractivity contribution in [3.8, 4) is 0 Å². The molecule has 6 heteroatoms. The fraction of sp³-hybridized carbons (Fsp3) is 0.778. The lowest BCUT2D eigenvalue weighted by molar-refractivity contribution is 0.472. The quantitative estimate of drug-likeness (QED) is 0.793. The lowest BCUT2D eigenvalue weighted by atomic mass is 10.4. The molecular formula is C9H16N4OS. The predicted octanol–water partition coefficient (Wildman–Crippen LogP) is 1.40. The molecule has 2 rings (SSSR count). The van der Waals surface area contributed by atoms with E-state index < -0.39 is 0 Å². The van der Waals surface area contributed by atoms with Crippen LogP contribution in [0.2, 0.25) is 0 Å². The zero-order valence-electron chi connectivity index (χ0n) is 8.99. The zero-order valence-corrected chi connectivity index (χ0v) is 9.80. The average molecular weight is 228 g/mol. The molecule has 1 aromatic rings. The average Bonchev–Trinajstić information content (AvgIpc) is 2.85. The van der Waals surface area contributed by atoms with Crippen molar-refractivity contribution in [2.75, 3.05) is 18.1 Å². The van der Waals surface area contributed by atoms with Crippen LogP contribution in [0.15, 0.2) is 4.42 Å². The standard InChI is InChI=1S/C9H16N4OS/c1-6(10)7-12-13-8(14-7)11-5-9(15-2)3-4-9/h6H,3-5,10H2,1-2H3,(H,11,13). The highest BCUT2D eigenvalue weighted by atomic mass is 32.2. The van der Waals surface area contributed by atoms with Gasteiger partial charge in [0.15, 0.2) is 0 Å². The maximum atomic E-state index is 5.62. The Hall–Kier alpha value is -0.750. The fourth-order valence-electron chi connectivity index (χ4n) is 1.32. The number of nitrogens with two attached hydrogens (primary N) is 1. The summed E-state index contributed by atoms with van der Waals surface area (Å²) >= 11 is 1.89. The number of hydrogen-bond donors (Lipinski definition) is 2. The second-order valence-electron chi connectivity index (χ2n) is 3.97. The lowest BCUT2D eigenvalue weighted by Crippen LogP contribution is -2.17. The Morgan fingerprint density at radius 3 is 2.80 bits per heavy atom. The molecular weight excluding hydrogens is 212 g/mol. The summed E-state index contributed by atoms with van der Waals surface area (Å²) in [5, 5.41) is 10.9. The molecule has 84 valence electrons. The first-order valence-electron chi connectivity index (χ1n) is 5.03. The molecule has 1 fully saturated rings. The van der Waals surface area contributed by atoms with Crippen LogP contribution in [0.4, 0.5) is 6.01 Å². The van der Waals surface area contributed by atoms with Crippen molar-refractivity contribution in [3.63, 3.8) is 0 Å². The number of aromatic nitrogens is 2. The first-order chi connectivity index (χ1) is 7.15. The molecule has 1 heterocycles. The summed E-state index contributed by atoms with van der Waals surface area (Å²) in [6.07, 6.45) is 4.65. The van der Waals surface area contributed by atoms with Gasteiger partial charge in [-0.2, -0.15) is 11.8 Å². The molecule has 1 atom stereocenters. The Bertz CT molecular complexity index is 335. The van der Waals surface area contributed by atoms with Gasteiger partial charge in [0.1, 0.15) is 0 Å². The number of nitrogens with one attached hydrogen (secondary N) is 1. The normalized spacial score (nSPS) is 19.9. The van der Waals surface area contributed by atoms with E-state index in [0.717, 1.165) is 6.54 Å². The van der Waals surface area contributed by atoms with Gasteiger partial charge in [0.2, 0.25) is 5.89 Å². The van der Waals surface area contributed by atoms with Crippen molar-refractivity contribution >= 4 is 17.8 Å². The summed E-state index contributed by atoms with van der Waals surface area (Å²) in [5.74, 6) is 0.478. The zero-order chi connectivity index (χ0) is 10.9. The molecule has 1 aliphatic carbocycles. The van der Waals surface area contributed by atoms with Gasteiger partial charge in [0.05, 0.1) is 6.04 Å². The van der Waals surface area contributed by atoms with Gasteiger partial charge < -0.3 is 15.5 Å². The van der Waals surface area contributed by atoms with E-state index in [4.69, 9.17) is 10.2 Å². The molecule has 0 spiro atoms. The summed E-state index contributed by atoms with van der Waals surface area (Å²) in [7, 11) is 0. The Balaban J connectivity index is 1.88. The smallest absolute Gasteiger partial charge is 0.315 e. The van der Waals surface area contributed by atoms with E-state index >= 15 is 0 Å². The Labute approximate surface area is 93.2 Å². The van der Waals surface area contributed by atoms with Crippen LogP contribution in [0, 0.1) is 0 Å². The van der Waals surface area contributed by atoms with E-state index in [1.54, 1.807) is 0 Å². The molecule has 1 aliphatic rings. The number of anilines is 1. The van der Waals surface area contributed by atoms with E-state index in [9.17, 15) is 0 Å². The fourth-order valence-corrected chi connectivity index (χ4v) is 2.05. The van der Waals surface area contributed by atoms with Crippen LogP contribution in [0.3, 0.4) is 0 Å². The monoisotopic (exact) mass is 228 g/mol. The number of thioether (sulfide) groups is 1. The van der Waals surface area contributed by atoms with Crippen molar-refractivity contribution in [2.24, 2.45) is 5.73 Å². The van der Waals surface area contributed by atoms with Gasteiger partial charge in [0.25, 0.3) is 0 Å². The van der Waals surface area contributed by atoms with E-state index in [1.807, 2.05) is 18.7 Å². The van der Waals surface area contributed by atoms with Gasteiger partial charge in [-0.3, -0.25) is 0 Å². The molecule has 0 aliphatic heterocycles. The van der Waals surface area contributed by atoms with E-state index in [2.05, 4.69) is 21.8 Å². The molecule has 15 heavy (non-hydrogen) atoms. The minimum Gasteiger partial charge on any atom is -0.406 e. The van der Waals surface area contributed by atoms with Gasteiger partial charge >= 0.3 is 6.01 Å². The second kappa shape index (κ2) is 4.02. The lowest BCUT2D eigenvalue weighted by Gasteiger charge is -2.10. The Morgan fingerprint density at radius 2 is 2.33 bits per heavy atom. The number of hydrogen-bond acceptors (Lipinski definition) is 6. The van der Waals surface area contributed by atoms with Crippen LogP contribution < -0.4 is 11.1 Å². The summed E-state index contributed by atoms with van der Waals surface area (Å²) < 4.78 is 5.74. The highest BCUT2D eigenvalue weighted by molar-refractivity contribution is 8.00. The molecule has 0 radical (unpaired) electrons. The third-order valence-electron chi connectivity index (χ3n) is 2.63. The predicted molar refractivity (Wildman–Crippen MR) is 60.9 cm³/mol. The van der Waals surface area contributed by atoms with Crippen LogP contribution in [-0.4, -0.2) is 27.7 Å². The third-order valence-corrected chi connectivity index (χ3v) is 4.05. The Kier molecular flexibility index (Phi) is 2.88. The van der Waals surface area contributed by atoms with E-state index in [-0.39, 0.29) is 6.04 Å². The summed E-state index contributed by atoms with van der Waals surface area (Å²) in [6.45, 7) is 2.70. The Morgan fingerprint density at radius 1 is 1.60 bits per heavy atom. The maximum absolute atomic E-state index is 5.62. The SMILES string of the molecule is CSC1(CNc2nnc(C(C)N)o2)CC1. The van der Waals surface area contributed by atoms with Crippen LogP contribution in [0.1, 0.15) is 31.7 Å². The molecule has 0 aromatic carbocycles. The van der Waals surface area contributed by atoms with E-state index in [1.165, 1.54) is 12.8 Å². The molecule has 1 unspecified atom stereocenters. The van der Waals surface area contributed by atoms with Crippen LogP contribution in [-0.2, 0) is 0 Å². The highest BCUT2D eigenvalue weighted by Gasteiger charge is 2.41. The first-order valence-corrected chi connectivity index (χ1v) is 6.26. The maximum Gasteiger partial charge on any atom is 0.315 e. The molecule has 0 bridgehead atoms. The third kappa shape index (κ3) is 2.43. The molecule has 1 aromatic heterocycles. The second-order valence-corrected chi connectivity index (χ2v) is 5.25. The van der Waals surface area contributed by atoms with Crippen molar-refractivity contribution in [3.05, 3.63) is 5.89 Å². The minimum atomic E-state index is -0.205. The van der Waals surface area contributed by atoms with Crippen LogP contribution >= 0.6 is 11.8 Å². The largest absolute Gasteiger partial charge is 0.406 e. The number of nitrogens with zero attached hydrogens (tertiary/aromatic N) is 2. The minimum absolute atomic E-state index is 0.205. The summed E-state index contributed by atoms with van der Waals surface area (Å²) in [6, 6.07) is 0.270. The van der Waals surface area contributed by atoms with Gasteiger partial charge in [-0.05, 0) is 26.0 Å². The molecule has 5 nitrogen and oxygen atoms in total. The van der Waals surface area contributed by atoms with Gasteiger partial charge in [-0.25, -0.2) is 0 Å². The van der Waals surface area contributed by atoms with Gasteiger partial charge in [-0.15, -0.1) is 5.10 Å².